The molecule has 3 aromatic carbocycles. The lowest BCUT2D eigenvalue weighted by molar-refractivity contribution is -0.136. The highest BCUT2D eigenvalue weighted by Crippen LogP contribution is 2.48. The monoisotopic (exact) mass is 1250 g/mol. The minimum absolute atomic E-state index is 0.000557. The summed E-state index contributed by atoms with van der Waals surface area (Å²) in [5.41, 5.74) is 7.38. The highest BCUT2D eigenvalue weighted by Gasteiger charge is 2.49. The van der Waals surface area contributed by atoms with E-state index >= 15 is 4.39 Å². The van der Waals surface area contributed by atoms with E-state index in [1.807, 2.05) is 62.1 Å². The minimum Gasteiger partial charge on any atom is -0.468 e. The topological polar surface area (TPSA) is 192 Å². The Labute approximate surface area is 528 Å². The third kappa shape index (κ3) is 12.4. The Morgan fingerprint density at radius 2 is 1.50 bits per heavy atom. The summed E-state index contributed by atoms with van der Waals surface area (Å²) < 4.78 is 42.3. The molecule has 1 saturated carbocycles. The fourth-order valence-corrected chi connectivity index (χ4v) is 20.7. The lowest BCUT2D eigenvalue weighted by atomic mass is 9.94. The first-order chi connectivity index (χ1) is 43.0. The number of halogens is 1. The van der Waals surface area contributed by atoms with E-state index in [1.165, 1.54) is 0 Å². The number of hydrogen-bond donors (Lipinski definition) is 1. The Morgan fingerprint density at radius 3 is 2.16 bits per heavy atom. The first-order valence-electron chi connectivity index (χ1n) is 32.6. The normalized spacial score (nSPS) is 21.6. The molecule has 2 unspecified atom stereocenters. The summed E-state index contributed by atoms with van der Waals surface area (Å²) in [5, 5.41) is 4.32. The Morgan fingerprint density at radius 1 is 0.800 bits per heavy atom. The van der Waals surface area contributed by atoms with Crippen LogP contribution in [0.3, 0.4) is 0 Å². The lowest BCUT2D eigenvalue weighted by Crippen LogP contribution is -2.57. The molecule has 5 saturated heterocycles. The van der Waals surface area contributed by atoms with Crippen molar-refractivity contribution < 1.29 is 47.3 Å². The van der Waals surface area contributed by atoms with E-state index in [-0.39, 0.29) is 66.0 Å². The quantitative estimate of drug-likeness (QED) is 0.0400. The molecule has 21 heteroatoms. The molecule has 1 N–H and O–H groups in total. The number of fused-ring (bicyclic) bond motifs is 5. The van der Waals surface area contributed by atoms with Gasteiger partial charge in [-0.3, -0.25) is 44.2 Å². The number of hydrogen-bond acceptors (Lipinski definition) is 16. The van der Waals surface area contributed by atoms with Crippen LogP contribution in [0.5, 0.6) is 11.8 Å². The number of benzene rings is 3. The van der Waals surface area contributed by atoms with Crippen LogP contribution >= 0.6 is 0 Å². The number of carbonyl (C=O) groups excluding carboxylic acids is 5. The van der Waals surface area contributed by atoms with Crippen molar-refractivity contribution in [3.8, 4) is 34.5 Å². The van der Waals surface area contributed by atoms with Gasteiger partial charge >= 0.3 is 12.1 Å². The number of nitrogens with one attached hydrogen (secondary N) is 1. The van der Waals surface area contributed by atoms with Crippen LogP contribution in [0.1, 0.15) is 140 Å². The van der Waals surface area contributed by atoms with E-state index in [9.17, 15) is 24.0 Å². The number of rotatable bonds is 17. The number of ether oxygens (including phenoxy) is 4. The van der Waals surface area contributed by atoms with Crippen LogP contribution in [0.4, 0.5) is 20.7 Å². The Balaban J connectivity index is 0.757. The molecule has 1 aliphatic carbocycles. The van der Waals surface area contributed by atoms with Crippen molar-refractivity contribution in [2.45, 2.75) is 154 Å². The highest BCUT2D eigenvalue weighted by atomic mass is 28.3. The third-order valence-electron chi connectivity index (χ3n) is 20.3. The van der Waals surface area contributed by atoms with Gasteiger partial charge in [0.05, 0.1) is 35.2 Å². The first kappa shape index (κ1) is 62.9. The molecule has 5 aromatic rings. The van der Waals surface area contributed by atoms with Crippen molar-refractivity contribution in [3.63, 3.8) is 0 Å². The lowest BCUT2D eigenvalue weighted by Gasteiger charge is -2.42. The van der Waals surface area contributed by atoms with Crippen molar-refractivity contribution in [1.82, 2.24) is 39.9 Å². The van der Waals surface area contributed by atoms with Crippen molar-refractivity contribution in [3.05, 3.63) is 77.2 Å². The van der Waals surface area contributed by atoms with Gasteiger partial charge < -0.3 is 33.6 Å². The smallest absolute Gasteiger partial charge is 0.410 e. The maximum absolute atomic E-state index is 18.3. The zero-order valence-corrected chi connectivity index (χ0v) is 55.0. The molecule has 90 heavy (non-hydrogen) atoms. The molecule has 5 amide bonds. The Hall–Kier alpha value is -7.25. The highest BCUT2D eigenvalue weighted by molar-refractivity contribution is 6.90. The second-order valence-corrected chi connectivity index (χ2v) is 33.8. The number of anilines is 2. The maximum atomic E-state index is 18.3. The van der Waals surface area contributed by atoms with Gasteiger partial charge in [-0.05, 0) is 143 Å². The predicted octanol–water partition coefficient (Wildman–Crippen LogP) is 10.2. The van der Waals surface area contributed by atoms with Crippen molar-refractivity contribution in [2.24, 2.45) is 11.3 Å². The van der Waals surface area contributed by atoms with Crippen LogP contribution in [-0.4, -0.2) is 182 Å². The maximum Gasteiger partial charge on any atom is 0.410 e. The van der Waals surface area contributed by atoms with E-state index in [0.717, 1.165) is 118 Å². The molecule has 12 rings (SSSR count). The zero-order valence-electron chi connectivity index (χ0n) is 54.0. The van der Waals surface area contributed by atoms with Crippen molar-refractivity contribution in [1.29, 1.82) is 0 Å². The summed E-state index contributed by atoms with van der Waals surface area (Å²) >= 11 is 0. The molecule has 8 heterocycles. The van der Waals surface area contributed by atoms with Crippen molar-refractivity contribution in [2.75, 3.05) is 95.8 Å². The average molecular weight is 1250 g/mol. The van der Waals surface area contributed by atoms with Gasteiger partial charge in [0.2, 0.25) is 11.8 Å². The van der Waals surface area contributed by atoms with E-state index in [2.05, 4.69) is 77.9 Å². The number of piperidine rings is 2. The van der Waals surface area contributed by atoms with Crippen LogP contribution in [0, 0.1) is 28.6 Å². The molecule has 2 aromatic heterocycles. The number of imide groups is 2. The second kappa shape index (κ2) is 25.1. The summed E-state index contributed by atoms with van der Waals surface area (Å²) in [6.45, 7) is 27.9. The molecule has 19 nitrogen and oxygen atoms in total. The van der Waals surface area contributed by atoms with Gasteiger partial charge in [-0.15, -0.1) is 5.54 Å². The molecule has 0 radical (unpaired) electrons. The van der Waals surface area contributed by atoms with Crippen LogP contribution in [0.25, 0.3) is 32.9 Å². The fourth-order valence-electron chi connectivity index (χ4n) is 15.5. The van der Waals surface area contributed by atoms with Crippen LogP contribution < -0.4 is 24.6 Å². The molecule has 2 bridgehead atoms. The third-order valence-corrected chi connectivity index (χ3v) is 26.6. The van der Waals surface area contributed by atoms with Crippen LogP contribution in [0.2, 0.25) is 16.6 Å². The largest absolute Gasteiger partial charge is 0.468 e. The van der Waals surface area contributed by atoms with Crippen LogP contribution in [-0.2, 0) is 19.1 Å². The van der Waals surface area contributed by atoms with Crippen LogP contribution in [0.15, 0.2) is 54.7 Å². The summed E-state index contributed by atoms with van der Waals surface area (Å²) in [5.74, 6) is 2.63. The van der Waals surface area contributed by atoms with Gasteiger partial charge in [0.25, 0.3) is 11.8 Å². The number of methoxy groups -OCH3 is 1. The Bertz CT molecular complexity index is 3660. The number of pyridine rings is 1. The van der Waals surface area contributed by atoms with Gasteiger partial charge in [0.1, 0.15) is 42.5 Å². The van der Waals surface area contributed by atoms with E-state index in [1.54, 1.807) is 25.4 Å². The molecular formula is C69H87FN10O9Si. The van der Waals surface area contributed by atoms with Gasteiger partial charge in [0.15, 0.2) is 12.6 Å². The van der Waals surface area contributed by atoms with Gasteiger partial charge in [-0.25, -0.2) is 9.18 Å². The number of amides is 5. The van der Waals surface area contributed by atoms with Gasteiger partial charge in [-0.1, -0.05) is 59.6 Å². The standard InChI is InChI=1S/C69H87FN10O9Si/c1-42(2)90(43(3)4,44(5)6)31-22-46-12-11-13-47-32-51(88-41-86-10)34-54(58(46)47)60-59(70)61-55(35-71-60)62(78-37-49-14-15-50(38-78)79(49)67(85)89-68(7,8)9)74-66(73-61)87-40-69(23-24-69)39-76-25-20-45(21-26-76)36-75-27-29-77(30-28-75)48-16-17-52-53(33-48)65(84)80(64(52)83)56-18-19-57(81)72-63(56)82/h11-13,16-17,32-35,42-45,49-50,56H,14-15,18-21,23-30,36-41H2,1-10H3,(H,72,81,82)/t49?,50?,56-/m0/s1. The van der Waals surface area contributed by atoms with Gasteiger partial charge in [-0.2, -0.15) is 9.97 Å². The summed E-state index contributed by atoms with van der Waals surface area (Å²) in [7, 11) is -0.608. The number of likely N-dealkylation sites (tertiary alicyclic amines) is 1. The predicted molar refractivity (Wildman–Crippen MR) is 346 cm³/mol. The summed E-state index contributed by atoms with van der Waals surface area (Å²) in [6, 6.07) is 14.0. The average Bonchev–Trinajstić information content (AvgIpc) is 1.18. The molecule has 478 valence electrons. The number of nitrogens with zero attached hydrogens (tertiary/aromatic N) is 9. The molecule has 6 aliphatic heterocycles. The molecule has 6 fully saturated rings. The first-order valence-corrected chi connectivity index (χ1v) is 34.8. The zero-order chi connectivity index (χ0) is 63.6. The number of piperazine rings is 2. The van der Waals surface area contributed by atoms with E-state index < -0.39 is 49.2 Å². The van der Waals surface area contributed by atoms with Gasteiger partial charge in [0, 0.05) is 99.7 Å². The Kier molecular flexibility index (Phi) is 17.5. The van der Waals surface area contributed by atoms with Crippen molar-refractivity contribution >= 4 is 71.0 Å². The summed E-state index contributed by atoms with van der Waals surface area (Å²) in [4.78, 5) is 92.4. The summed E-state index contributed by atoms with van der Waals surface area (Å²) in [6.07, 6.45) is 7.33. The molecular weight excluding hydrogens is 1160 g/mol. The fraction of sp³-hybridized carbons (Fsp3) is 0.565. The van der Waals surface area contributed by atoms with E-state index in [4.69, 9.17) is 33.9 Å². The number of aromatic nitrogens is 3. The second-order valence-electron chi connectivity index (χ2n) is 28.2. The molecule has 3 atom stereocenters. The molecule has 0 spiro atoms. The SMILES string of the molecule is COCOc1cc(-c2ncc3c(N4CC5CCC(C4)N5C(=O)OC(C)(C)C)nc(OCC4(CN5CCC(CN6CCN(c7ccc8c(c7)C(=O)N([C@H]7CCC(=O)NC7=O)C8=O)CC6)CC5)CC4)nc3c2F)c2c(C#C[Si](C(C)C)(C(C)C)C(C)C)cccc2c1. The number of carbonyl (C=O) groups is 5. The minimum atomic E-state index is -2.17. The van der Waals surface area contributed by atoms with E-state index in [0.29, 0.717) is 70.3 Å². The molecule has 7 aliphatic rings.